The Kier molecular flexibility index (Phi) is 5.14. The van der Waals surface area contributed by atoms with Gasteiger partial charge in [0.25, 0.3) is 0 Å². The number of pyridine rings is 2. The number of hydrogen-bond acceptors (Lipinski definition) is 4. The lowest BCUT2D eigenvalue weighted by Crippen LogP contribution is -2.41. The Morgan fingerprint density at radius 2 is 1.96 bits per heavy atom. The third kappa shape index (κ3) is 4.62. The smallest absolute Gasteiger partial charge is 0.327 e. The van der Waals surface area contributed by atoms with Gasteiger partial charge in [-0.15, -0.1) is 0 Å². The van der Waals surface area contributed by atoms with Crippen molar-refractivity contribution in [3.63, 3.8) is 0 Å². The molecule has 3 amide bonds. The van der Waals surface area contributed by atoms with E-state index in [1.54, 1.807) is 39.2 Å². The van der Waals surface area contributed by atoms with Crippen molar-refractivity contribution in [1.29, 1.82) is 0 Å². The predicted molar refractivity (Wildman–Crippen MR) is 105 cm³/mol. The van der Waals surface area contributed by atoms with Crippen LogP contribution in [-0.2, 0) is 11.2 Å². The van der Waals surface area contributed by atoms with Crippen molar-refractivity contribution >= 4 is 40.4 Å². The Morgan fingerprint density at radius 3 is 2.63 bits per heavy atom. The number of aromatic nitrogens is 3. The normalized spacial score (nSPS) is 11.4. The van der Waals surface area contributed by atoms with Crippen LogP contribution in [0, 0.1) is 5.41 Å². The molecule has 0 saturated carbocycles. The molecule has 0 fully saturated rings. The standard InChI is InChI=1S/C19H20ClN5O2/c1-19(2,3)17(26)25-18(27)24-15-5-4-11(8-21-15)6-12-9-22-16-14(12)7-13(20)10-23-16/h4-5,7-10H,6H2,1-3H3,(H,22,23)(H2,21,24,25,26,27). The van der Waals surface area contributed by atoms with E-state index < -0.39 is 11.4 Å². The number of anilines is 1. The summed E-state index contributed by atoms with van der Waals surface area (Å²) in [6, 6.07) is 4.82. The molecule has 3 aromatic heterocycles. The fourth-order valence-electron chi connectivity index (χ4n) is 2.44. The van der Waals surface area contributed by atoms with Gasteiger partial charge in [0.1, 0.15) is 11.5 Å². The maximum atomic E-state index is 11.9. The first-order chi connectivity index (χ1) is 12.7. The Labute approximate surface area is 161 Å². The van der Waals surface area contributed by atoms with E-state index in [1.165, 1.54) is 0 Å². The molecule has 0 saturated heterocycles. The number of nitrogens with zero attached hydrogens (tertiary/aromatic N) is 2. The predicted octanol–water partition coefficient (Wildman–Crippen LogP) is 3.90. The molecule has 140 valence electrons. The van der Waals surface area contributed by atoms with E-state index >= 15 is 0 Å². The number of fused-ring (bicyclic) bond motifs is 1. The van der Waals surface area contributed by atoms with Gasteiger partial charge in [-0.1, -0.05) is 38.4 Å². The molecule has 0 aliphatic heterocycles. The lowest BCUT2D eigenvalue weighted by Gasteiger charge is -2.16. The number of carbonyl (C=O) groups excluding carboxylic acids is 2. The zero-order valence-corrected chi connectivity index (χ0v) is 16.0. The molecule has 7 nitrogen and oxygen atoms in total. The Bertz CT molecular complexity index is 989. The van der Waals surface area contributed by atoms with Crippen LogP contribution in [0.5, 0.6) is 0 Å². The van der Waals surface area contributed by atoms with Gasteiger partial charge in [0, 0.05) is 35.8 Å². The summed E-state index contributed by atoms with van der Waals surface area (Å²) >= 11 is 6.02. The minimum Gasteiger partial charge on any atom is -0.346 e. The van der Waals surface area contributed by atoms with Gasteiger partial charge >= 0.3 is 6.03 Å². The molecule has 3 aromatic rings. The van der Waals surface area contributed by atoms with Crippen LogP contribution in [0.25, 0.3) is 11.0 Å². The number of H-pyrrole nitrogens is 1. The van der Waals surface area contributed by atoms with E-state index in [-0.39, 0.29) is 5.91 Å². The highest BCUT2D eigenvalue weighted by Gasteiger charge is 2.23. The van der Waals surface area contributed by atoms with Gasteiger partial charge in [-0.05, 0) is 23.3 Å². The van der Waals surface area contributed by atoms with E-state index in [1.807, 2.05) is 18.3 Å². The molecule has 8 heteroatoms. The van der Waals surface area contributed by atoms with Crippen molar-refractivity contribution in [2.24, 2.45) is 5.41 Å². The molecule has 0 atom stereocenters. The summed E-state index contributed by atoms with van der Waals surface area (Å²) in [6.45, 7) is 5.20. The molecule has 0 bridgehead atoms. The first-order valence-electron chi connectivity index (χ1n) is 8.41. The van der Waals surface area contributed by atoms with E-state index in [0.717, 1.165) is 22.2 Å². The molecule has 0 aromatic carbocycles. The van der Waals surface area contributed by atoms with Crippen LogP contribution in [0.2, 0.25) is 5.02 Å². The fraction of sp³-hybridized carbons (Fsp3) is 0.263. The molecule has 0 radical (unpaired) electrons. The molecule has 27 heavy (non-hydrogen) atoms. The molecule has 0 aliphatic rings. The number of hydrogen-bond donors (Lipinski definition) is 3. The topological polar surface area (TPSA) is 99.8 Å². The molecule has 0 unspecified atom stereocenters. The molecule has 0 spiro atoms. The van der Waals surface area contributed by atoms with Crippen LogP contribution in [-0.4, -0.2) is 26.9 Å². The fourth-order valence-corrected chi connectivity index (χ4v) is 2.60. The maximum absolute atomic E-state index is 11.9. The van der Waals surface area contributed by atoms with Crippen molar-refractivity contribution in [3.8, 4) is 0 Å². The van der Waals surface area contributed by atoms with Gasteiger partial charge in [-0.3, -0.25) is 15.4 Å². The van der Waals surface area contributed by atoms with Crippen molar-refractivity contribution in [3.05, 3.63) is 52.9 Å². The summed E-state index contributed by atoms with van der Waals surface area (Å²) in [4.78, 5) is 35.3. The second kappa shape index (κ2) is 7.36. The third-order valence-electron chi connectivity index (χ3n) is 3.95. The van der Waals surface area contributed by atoms with Crippen molar-refractivity contribution in [2.75, 3.05) is 5.32 Å². The number of amides is 3. The molecular weight excluding hydrogens is 366 g/mol. The van der Waals surface area contributed by atoms with Crippen molar-refractivity contribution in [1.82, 2.24) is 20.3 Å². The van der Waals surface area contributed by atoms with Gasteiger partial charge in [0.15, 0.2) is 0 Å². The Morgan fingerprint density at radius 1 is 1.19 bits per heavy atom. The van der Waals surface area contributed by atoms with Crippen molar-refractivity contribution < 1.29 is 9.59 Å². The number of nitrogens with one attached hydrogen (secondary N) is 3. The zero-order valence-electron chi connectivity index (χ0n) is 15.3. The summed E-state index contributed by atoms with van der Waals surface area (Å²) in [5, 5.41) is 6.39. The number of carbonyl (C=O) groups is 2. The lowest BCUT2D eigenvalue weighted by molar-refractivity contribution is -0.127. The summed E-state index contributed by atoms with van der Waals surface area (Å²) in [5.74, 6) is 0.00447. The molecule has 3 heterocycles. The average molecular weight is 386 g/mol. The van der Waals surface area contributed by atoms with Gasteiger partial charge in [-0.2, -0.15) is 0 Å². The molecule has 0 aliphatic carbocycles. The molecule has 3 rings (SSSR count). The minimum atomic E-state index is -0.647. The van der Waals surface area contributed by atoms with E-state index in [2.05, 4.69) is 25.6 Å². The summed E-state index contributed by atoms with van der Waals surface area (Å²) < 4.78 is 0. The quantitative estimate of drug-likeness (QED) is 0.636. The largest absolute Gasteiger partial charge is 0.346 e. The van der Waals surface area contributed by atoms with Crippen LogP contribution >= 0.6 is 11.6 Å². The number of imide groups is 1. The van der Waals surface area contributed by atoms with E-state index in [4.69, 9.17) is 11.6 Å². The molecular formula is C19H20ClN5O2. The van der Waals surface area contributed by atoms with Crippen LogP contribution < -0.4 is 10.6 Å². The highest BCUT2D eigenvalue weighted by molar-refractivity contribution is 6.31. The summed E-state index contributed by atoms with van der Waals surface area (Å²) in [7, 11) is 0. The SMILES string of the molecule is CC(C)(C)C(=O)NC(=O)Nc1ccc(Cc2c[nH]c3ncc(Cl)cc23)cn1. The first kappa shape index (κ1) is 18.8. The number of urea groups is 1. The van der Waals surface area contributed by atoms with Crippen molar-refractivity contribution in [2.45, 2.75) is 27.2 Å². The molecule has 3 N–H and O–H groups in total. The Hall–Kier alpha value is -2.93. The van der Waals surface area contributed by atoms with E-state index in [0.29, 0.717) is 17.3 Å². The van der Waals surface area contributed by atoms with Gasteiger partial charge in [0.05, 0.1) is 5.02 Å². The lowest BCUT2D eigenvalue weighted by atomic mass is 9.96. The second-order valence-electron chi connectivity index (χ2n) is 7.25. The average Bonchev–Trinajstić information content (AvgIpc) is 2.98. The number of aromatic amines is 1. The van der Waals surface area contributed by atoms with Crippen LogP contribution in [0.4, 0.5) is 10.6 Å². The highest BCUT2D eigenvalue weighted by atomic mass is 35.5. The summed E-state index contributed by atoms with van der Waals surface area (Å²) in [5.41, 5.74) is 2.15. The highest BCUT2D eigenvalue weighted by Crippen LogP contribution is 2.22. The van der Waals surface area contributed by atoms with Gasteiger partial charge in [-0.25, -0.2) is 14.8 Å². The number of rotatable bonds is 3. The van der Waals surface area contributed by atoms with Gasteiger partial charge in [0.2, 0.25) is 5.91 Å². The third-order valence-corrected chi connectivity index (χ3v) is 4.16. The van der Waals surface area contributed by atoms with Crippen LogP contribution in [0.15, 0.2) is 36.8 Å². The summed E-state index contributed by atoms with van der Waals surface area (Å²) in [6.07, 6.45) is 5.81. The second-order valence-corrected chi connectivity index (χ2v) is 7.69. The Balaban J connectivity index is 1.66. The van der Waals surface area contributed by atoms with Crippen LogP contribution in [0.1, 0.15) is 31.9 Å². The van der Waals surface area contributed by atoms with Gasteiger partial charge < -0.3 is 4.98 Å². The monoisotopic (exact) mass is 385 g/mol. The van der Waals surface area contributed by atoms with Crippen LogP contribution in [0.3, 0.4) is 0 Å². The number of halogens is 1. The minimum absolute atomic E-state index is 0.358. The van der Waals surface area contributed by atoms with E-state index in [9.17, 15) is 9.59 Å². The zero-order chi connectivity index (χ0) is 19.6. The maximum Gasteiger partial charge on any atom is 0.327 e. The first-order valence-corrected chi connectivity index (χ1v) is 8.79.